The second-order valence-corrected chi connectivity index (χ2v) is 5.08. The lowest BCUT2D eigenvalue weighted by Crippen LogP contribution is -2.12. The number of rotatable bonds is 6. The van der Waals surface area contributed by atoms with Gasteiger partial charge in [0.1, 0.15) is 6.07 Å². The molecule has 0 aliphatic carbocycles. The van der Waals surface area contributed by atoms with Crippen LogP contribution in [0.3, 0.4) is 0 Å². The van der Waals surface area contributed by atoms with E-state index in [4.69, 9.17) is 10.4 Å². The van der Waals surface area contributed by atoms with E-state index >= 15 is 0 Å². The van der Waals surface area contributed by atoms with Gasteiger partial charge in [0.25, 0.3) is 0 Å². The number of aliphatic carboxylic acids is 1. The lowest BCUT2D eigenvalue weighted by molar-refractivity contribution is -0.137. The quantitative estimate of drug-likeness (QED) is 0.846. The summed E-state index contributed by atoms with van der Waals surface area (Å²) in [5, 5.41) is 20.6. The Balaban J connectivity index is 2.46. The highest BCUT2D eigenvalue weighted by Gasteiger charge is 2.06. The van der Waals surface area contributed by atoms with E-state index in [1.165, 1.54) is 0 Å². The summed E-state index contributed by atoms with van der Waals surface area (Å²) in [5.74, 6) is -0.474. The maximum atomic E-state index is 10.4. The second-order valence-electron chi connectivity index (χ2n) is 4.22. The van der Waals surface area contributed by atoms with E-state index in [1.807, 2.05) is 19.1 Å². The standard InChI is InChI=1S/C13H15BrN2O2/c1-9(2-5-13(17)18)8-16-11-4-3-10(7-15)12(14)6-11/h3-4,6,9,16H,2,5,8H2,1H3,(H,17,18). The van der Waals surface area contributed by atoms with Gasteiger partial charge in [-0.15, -0.1) is 0 Å². The first kappa shape index (κ1) is 14.5. The molecule has 1 aromatic carbocycles. The SMILES string of the molecule is CC(CCC(=O)O)CNc1ccc(C#N)c(Br)c1. The summed E-state index contributed by atoms with van der Waals surface area (Å²) in [7, 11) is 0. The zero-order chi connectivity index (χ0) is 13.5. The van der Waals surface area contributed by atoms with Crippen LogP contribution in [0, 0.1) is 17.2 Å². The van der Waals surface area contributed by atoms with Crippen LogP contribution in [0.5, 0.6) is 0 Å². The Morgan fingerprint density at radius 2 is 2.33 bits per heavy atom. The van der Waals surface area contributed by atoms with Gasteiger partial charge >= 0.3 is 5.97 Å². The zero-order valence-electron chi connectivity index (χ0n) is 10.1. The number of carbonyl (C=O) groups is 1. The van der Waals surface area contributed by atoms with E-state index in [0.717, 1.165) is 10.2 Å². The van der Waals surface area contributed by atoms with Crippen LogP contribution < -0.4 is 5.32 Å². The van der Waals surface area contributed by atoms with Crippen LogP contribution in [-0.2, 0) is 4.79 Å². The summed E-state index contributed by atoms with van der Waals surface area (Å²) in [5.41, 5.74) is 1.52. The maximum Gasteiger partial charge on any atom is 0.303 e. The predicted octanol–water partition coefficient (Wildman–Crippen LogP) is 3.23. The molecule has 0 spiro atoms. The summed E-state index contributed by atoms with van der Waals surface area (Å²) in [4.78, 5) is 10.4. The van der Waals surface area contributed by atoms with Crippen molar-refractivity contribution >= 4 is 27.6 Å². The molecule has 0 saturated heterocycles. The van der Waals surface area contributed by atoms with Crippen LogP contribution in [0.15, 0.2) is 22.7 Å². The Kier molecular flexibility index (Phi) is 5.66. The van der Waals surface area contributed by atoms with E-state index in [0.29, 0.717) is 18.5 Å². The highest BCUT2D eigenvalue weighted by molar-refractivity contribution is 9.10. The topological polar surface area (TPSA) is 73.1 Å². The number of hydrogen-bond acceptors (Lipinski definition) is 3. The third kappa shape index (κ3) is 4.76. The molecule has 4 nitrogen and oxygen atoms in total. The molecule has 1 unspecified atom stereocenters. The normalized spacial score (nSPS) is 11.6. The fraction of sp³-hybridized carbons (Fsp3) is 0.385. The number of carboxylic acid groups (broad SMARTS) is 1. The number of nitriles is 1. The van der Waals surface area contributed by atoms with Crippen LogP contribution in [-0.4, -0.2) is 17.6 Å². The van der Waals surface area contributed by atoms with E-state index in [1.54, 1.807) is 6.07 Å². The molecule has 2 N–H and O–H groups in total. The number of nitrogens with one attached hydrogen (secondary N) is 1. The lowest BCUT2D eigenvalue weighted by atomic mass is 10.1. The van der Waals surface area contributed by atoms with Crippen molar-refractivity contribution in [3.05, 3.63) is 28.2 Å². The van der Waals surface area contributed by atoms with E-state index < -0.39 is 5.97 Å². The predicted molar refractivity (Wildman–Crippen MR) is 73.4 cm³/mol. The molecule has 1 rings (SSSR count). The molecule has 0 saturated carbocycles. The Hall–Kier alpha value is -1.54. The minimum absolute atomic E-state index is 0.194. The third-order valence-electron chi connectivity index (χ3n) is 2.60. The van der Waals surface area contributed by atoms with Gasteiger partial charge in [0, 0.05) is 23.1 Å². The average Bonchev–Trinajstić information content (AvgIpc) is 2.34. The van der Waals surface area contributed by atoms with Gasteiger partial charge in [0.05, 0.1) is 5.56 Å². The first-order valence-corrected chi connectivity index (χ1v) is 6.47. The molecule has 0 heterocycles. The first-order valence-electron chi connectivity index (χ1n) is 5.68. The largest absolute Gasteiger partial charge is 0.481 e. The van der Waals surface area contributed by atoms with Gasteiger partial charge in [-0.3, -0.25) is 4.79 Å². The zero-order valence-corrected chi connectivity index (χ0v) is 11.7. The van der Waals surface area contributed by atoms with E-state index in [9.17, 15) is 4.79 Å². The molecule has 1 atom stereocenters. The fourth-order valence-electron chi connectivity index (χ4n) is 1.48. The van der Waals surface area contributed by atoms with Gasteiger partial charge in [-0.2, -0.15) is 5.26 Å². The lowest BCUT2D eigenvalue weighted by Gasteiger charge is -2.13. The minimum atomic E-state index is -0.761. The van der Waals surface area contributed by atoms with Gasteiger partial charge in [-0.25, -0.2) is 0 Å². The number of anilines is 1. The molecule has 0 radical (unpaired) electrons. The molecule has 0 fully saturated rings. The van der Waals surface area contributed by atoms with Crippen LogP contribution in [0.2, 0.25) is 0 Å². The van der Waals surface area contributed by atoms with Crippen molar-refractivity contribution in [3.8, 4) is 6.07 Å². The van der Waals surface area contributed by atoms with Crippen molar-refractivity contribution in [2.45, 2.75) is 19.8 Å². The van der Waals surface area contributed by atoms with Crippen molar-refractivity contribution in [1.82, 2.24) is 0 Å². The summed E-state index contributed by atoms with van der Waals surface area (Å²) >= 11 is 3.32. The molecule has 0 aromatic heterocycles. The molecule has 0 aliphatic rings. The van der Waals surface area contributed by atoms with Crippen molar-refractivity contribution in [1.29, 1.82) is 5.26 Å². The summed E-state index contributed by atoms with van der Waals surface area (Å²) in [6, 6.07) is 7.51. The molecule has 0 bridgehead atoms. The van der Waals surface area contributed by atoms with Crippen LogP contribution >= 0.6 is 15.9 Å². The Morgan fingerprint density at radius 1 is 1.61 bits per heavy atom. The number of halogens is 1. The Morgan fingerprint density at radius 3 is 2.89 bits per heavy atom. The van der Waals surface area contributed by atoms with Crippen molar-refractivity contribution in [2.75, 3.05) is 11.9 Å². The molecule has 0 amide bonds. The van der Waals surface area contributed by atoms with Gasteiger partial charge in [0.15, 0.2) is 0 Å². The van der Waals surface area contributed by atoms with E-state index in [2.05, 4.69) is 27.3 Å². The minimum Gasteiger partial charge on any atom is -0.481 e. The molecular formula is C13H15BrN2O2. The van der Waals surface area contributed by atoms with Crippen molar-refractivity contribution in [3.63, 3.8) is 0 Å². The van der Waals surface area contributed by atoms with Gasteiger partial charge in [-0.05, 0) is 46.5 Å². The number of hydrogen-bond donors (Lipinski definition) is 2. The number of nitrogens with zero attached hydrogens (tertiary/aromatic N) is 1. The van der Waals surface area contributed by atoms with Gasteiger partial charge in [-0.1, -0.05) is 6.92 Å². The van der Waals surface area contributed by atoms with Crippen LogP contribution in [0.25, 0.3) is 0 Å². The summed E-state index contributed by atoms with van der Waals surface area (Å²) in [6.45, 7) is 2.72. The number of carboxylic acids is 1. The van der Waals surface area contributed by atoms with Crippen LogP contribution in [0.1, 0.15) is 25.3 Å². The number of benzene rings is 1. The Bertz CT molecular complexity index is 469. The van der Waals surface area contributed by atoms with Gasteiger partial charge < -0.3 is 10.4 Å². The van der Waals surface area contributed by atoms with Crippen LogP contribution in [0.4, 0.5) is 5.69 Å². The second kappa shape index (κ2) is 7.02. The fourth-order valence-corrected chi connectivity index (χ4v) is 1.95. The molecule has 1 aromatic rings. The van der Waals surface area contributed by atoms with E-state index in [-0.39, 0.29) is 12.3 Å². The van der Waals surface area contributed by atoms with Gasteiger partial charge in [0.2, 0.25) is 0 Å². The molecule has 96 valence electrons. The molecule has 5 heteroatoms. The molecule has 18 heavy (non-hydrogen) atoms. The first-order chi connectivity index (χ1) is 8.52. The summed E-state index contributed by atoms with van der Waals surface area (Å²) < 4.78 is 0.758. The molecular weight excluding hydrogens is 296 g/mol. The average molecular weight is 311 g/mol. The Labute approximate surface area is 115 Å². The third-order valence-corrected chi connectivity index (χ3v) is 3.25. The molecule has 0 aliphatic heterocycles. The maximum absolute atomic E-state index is 10.4. The monoisotopic (exact) mass is 310 g/mol. The highest BCUT2D eigenvalue weighted by atomic mass is 79.9. The summed E-state index contributed by atoms with van der Waals surface area (Å²) in [6.07, 6.45) is 0.847. The van der Waals surface area contributed by atoms with Crippen molar-refractivity contribution in [2.24, 2.45) is 5.92 Å². The highest BCUT2D eigenvalue weighted by Crippen LogP contribution is 2.21. The van der Waals surface area contributed by atoms with Crippen molar-refractivity contribution < 1.29 is 9.90 Å². The smallest absolute Gasteiger partial charge is 0.303 e.